The zero-order valence-electron chi connectivity index (χ0n) is 12.9. The molecule has 118 valence electrons. The lowest BCUT2D eigenvalue weighted by molar-refractivity contribution is 0.131. The van der Waals surface area contributed by atoms with Crippen molar-refractivity contribution < 1.29 is 0 Å². The molecule has 21 heavy (non-hydrogen) atoms. The first kappa shape index (κ1) is 17.2. The Morgan fingerprint density at radius 3 is 2.86 bits per heavy atom. The molecule has 1 heterocycles. The van der Waals surface area contributed by atoms with Gasteiger partial charge in [0.05, 0.1) is 0 Å². The summed E-state index contributed by atoms with van der Waals surface area (Å²) in [5.74, 6) is 0. The van der Waals surface area contributed by atoms with Crippen molar-refractivity contribution in [2.24, 2.45) is 5.73 Å². The third-order valence-corrected chi connectivity index (χ3v) is 5.20. The second-order valence-corrected chi connectivity index (χ2v) is 7.16. The van der Waals surface area contributed by atoms with Gasteiger partial charge in [-0.15, -0.1) is 0 Å². The zero-order valence-corrected chi connectivity index (χ0v) is 15.2. The number of hydrogen-bond donors (Lipinski definition) is 1. The topological polar surface area (TPSA) is 32.5 Å². The number of rotatable bonds is 4. The molecule has 0 radical (unpaired) electrons. The van der Waals surface area contributed by atoms with Crippen LogP contribution in [0, 0.1) is 0 Å². The molecule has 0 saturated carbocycles. The van der Waals surface area contributed by atoms with Gasteiger partial charge < -0.3 is 10.6 Å². The van der Waals surface area contributed by atoms with Crippen molar-refractivity contribution >= 4 is 27.5 Å². The van der Waals surface area contributed by atoms with E-state index in [0.717, 1.165) is 41.1 Å². The summed E-state index contributed by atoms with van der Waals surface area (Å²) in [5.41, 5.74) is 7.26. The third kappa shape index (κ3) is 4.20. The number of nitrogens with zero attached hydrogens (tertiary/aromatic N) is 2. The maximum Gasteiger partial charge on any atom is 0.0489 e. The molecular weight excluding hydrogens is 350 g/mol. The summed E-state index contributed by atoms with van der Waals surface area (Å²) in [4.78, 5) is 4.97. The lowest BCUT2D eigenvalue weighted by atomic mass is 10.0. The van der Waals surface area contributed by atoms with Crippen molar-refractivity contribution in [3.05, 3.63) is 33.3 Å². The van der Waals surface area contributed by atoms with Gasteiger partial charge in [-0.05, 0) is 50.2 Å². The Hall–Kier alpha value is -0.130. The summed E-state index contributed by atoms with van der Waals surface area (Å²) in [6.07, 6.45) is 2.31. The van der Waals surface area contributed by atoms with Gasteiger partial charge in [-0.1, -0.05) is 34.5 Å². The Labute approximate surface area is 141 Å². The zero-order chi connectivity index (χ0) is 15.4. The minimum atomic E-state index is 0.187. The average molecular weight is 375 g/mol. The maximum absolute atomic E-state index is 6.44. The van der Waals surface area contributed by atoms with E-state index in [1.165, 1.54) is 6.42 Å². The number of likely N-dealkylation sites (N-methyl/N-ethyl adjacent to an activating group) is 1. The highest BCUT2D eigenvalue weighted by Gasteiger charge is 2.29. The first-order chi connectivity index (χ1) is 10.1. The normalized spacial score (nSPS) is 23.0. The van der Waals surface area contributed by atoms with Crippen LogP contribution in [0.15, 0.2) is 22.7 Å². The summed E-state index contributed by atoms with van der Waals surface area (Å²) in [6.45, 7) is 6.17. The van der Waals surface area contributed by atoms with Crippen LogP contribution in [0.2, 0.25) is 5.02 Å². The van der Waals surface area contributed by atoms with Crippen molar-refractivity contribution in [2.45, 2.75) is 31.8 Å². The molecular formula is C16H25BrClN3. The number of halogens is 2. The maximum atomic E-state index is 6.44. The molecule has 2 atom stereocenters. The van der Waals surface area contributed by atoms with Crippen LogP contribution in [-0.4, -0.2) is 49.1 Å². The molecule has 1 aromatic carbocycles. The van der Waals surface area contributed by atoms with Crippen molar-refractivity contribution in [3.8, 4) is 0 Å². The van der Waals surface area contributed by atoms with Gasteiger partial charge >= 0.3 is 0 Å². The van der Waals surface area contributed by atoms with Gasteiger partial charge in [0.2, 0.25) is 0 Å². The van der Waals surface area contributed by atoms with Crippen LogP contribution in [0.3, 0.4) is 0 Å². The molecule has 5 heteroatoms. The molecule has 2 rings (SSSR count). The monoisotopic (exact) mass is 373 g/mol. The predicted molar refractivity (Wildman–Crippen MR) is 93.8 cm³/mol. The standard InChI is InChI=1S/C16H25BrClN3/c1-3-13-11-20(2)7-4-8-21(13)16(10-19)14-9-12(17)5-6-15(14)18/h5-6,9,13,16H,3-4,7-8,10-11,19H2,1-2H3. The molecule has 0 bridgehead atoms. The lowest BCUT2D eigenvalue weighted by Gasteiger charge is -2.37. The van der Waals surface area contributed by atoms with Gasteiger partial charge in [-0.25, -0.2) is 0 Å². The van der Waals surface area contributed by atoms with Crippen LogP contribution in [0.5, 0.6) is 0 Å². The molecule has 2 unspecified atom stereocenters. The van der Waals surface area contributed by atoms with Gasteiger partial charge in [-0.3, -0.25) is 4.90 Å². The fraction of sp³-hybridized carbons (Fsp3) is 0.625. The van der Waals surface area contributed by atoms with E-state index in [0.29, 0.717) is 12.6 Å². The molecule has 2 N–H and O–H groups in total. The van der Waals surface area contributed by atoms with Gasteiger partial charge in [0.15, 0.2) is 0 Å². The van der Waals surface area contributed by atoms with Gasteiger partial charge in [0, 0.05) is 41.2 Å². The first-order valence-electron chi connectivity index (χ1n) is 7.66. The minimum Gasteiger partial charge on any atom is -0.329 e. The molecule has 1 aliphatic rings. The summed E-state index contributed by atoms with van der Waals surface area (Å²) >= 11 is 9.98. The van der Waals surface area contributed by atoms with E-state index in [9.17, 15) is 0 Å². The molecule has 3 nitrogen and oxygen atoms in total. The summed E-state index contributed by atoms with van der Waals surface area (Å²) < 4.78 is 1.06. The predicted octanol–water partition coefficient (Wildman–Crippen LogP) is 3.52. The van der Waals surface area contributed by atoms with E-state index >= 15 is 0 Å². The Morgan fingerprint density at radius 1 is 1.43 bits per heavy atom. The number of hydrogen-bond acceptors (Lipinski definition) is 3. The van der Waals surface area contributed by atoms with Crippen molar-refractivity contribution in [1.82, 2.24) is 9.80 Å². The Kier molecular flexibility index (Phi) is 6.51. The summed E-state index contributed by atoms with van der Waals surface area (Å²) in [7, 11) is 2.20. The molecule has 0 aromatic heterocycles. The fourth-order valence-corrected chi connectivity index (χ4v) is 3.87. The first-order valence-corrected chi connectivity index (χ1v) is 8.83. The van der Waals surface area contributed by atoms with E-state index in [-0.39, 0.29) is 6.04 Å². The third-order valence-electron chi connectivity index (χ3n) is 4.36. The molecule has 0 spiro atoms. The smallest absolute Gasteiger partial charge is 0.0489 e. The molecule has 1 aromatic rings. The van der Waals surface area contributed by atoms with Crippen LogP contribution >= 0.6 is 27.5 Å². The van der Waals surface area contributed by atoms with Crippen LogP contribution < -0.4 is 5.73 Å². The Balaban J connectivity index is 2.31. The van der Waals surface area contributed by atoms with Crippen LogP contribution in [0.1, 0.15) is 31.4 Å². The summed E-state index contributed by atoms with van der Waals surface area (Å²) in [5, 5.41) is 0.807. The van der Waals surface area contributed by atoms with Crippen LogP contribution in [0.25, 0.3) is 0 Å². The molecule has 0 amide bonds. The van der Waals surface area contributed by atoms with E-state index < -0.39 is 0 Å². The minimum absolute atomic E-state index is 0.187. The second kappa shape index (κ2) is 7.93. The fourth-order valence-electron chi connectivity index (χ4n) is 3.25. The van der Waals surface area contributed by atoms with Crippen LogP contribution in [0.4, 0.5) is 0 Å². The Bertz CT molecular complexity index is 469. The molecule has 0 aliphatic carbocycles. The van der Waals surface area contributed by atoms with Crippen molar-refractivity contribution in [2.75, 3.05) is 33.2 Å². The lowest BCUT2D eigenvalue weighted by Crippen LogP contribution is -2.44. The molecule has 1 fully saturated rings. The quantitative estimate of drug-likeness (QED) is 0.875. The van der Waals surface area contributed by atoms with E-state index in [2.05, 4.69) is 45.8 Å². The summed E-state index contributed by atoms with van der Waals surface area (Å²) in [6, 6.07) is 6.76. The number of benzene rings is 1. The van der Waals surface area contributed by atoms with E-state index in [4.69, 9.17) is 17.3 Å². The second-order valence-electron chi connectivity index (χ2n) is 5.83. The number of nitrogens with two attached hydrogens (primary N) is 1. The van der Waals surface area contributed by atoms with E-state index in [1.54, 1.807) is 0 Å². The van der Waals surface area contributed by atoms with Gasteiger partial charge in [0.1, 0.15) is 0 Å². The van der Waals surface area contributed by atoms with Gasteiger partial charge in [-0.2, -0.15) is 0 Å². The highest BCUT2D eigenvalue weighted by molar-refractivity contribution is 9.10. The van der Waals surface area contributed by atoms with Gasteiger partial charge in [0.25, 0.3) is 0 Å². The highest BCUT2D eigenvalue weighted by atomic mass is 79.9. The van der Waals surface area contributed by atoms with Crippen molar-refractivity contribution in [1.29, 1.82) is 0 Å². The molecule has 1 saturated heterocycles. The SMILES string of the molecule is CCC1CN(C)CCCN1C(CN)c1cc(Br)ccc1Cl. The highest BCUT2D eigenvalue weighted by Crippen LogP contribution is 2.32. The largest absolute Gasteiger partial charge is 0.329 e. The average Bonchev–Trinajstić information content (AvgIpc) is 2.65. The van der Waals surface area contributed by atoms with Crippen LogP contribution in [-0.2, 0) is 0 Å². The van der Waals surface area contributed by atoms with E-state index in [1.807, 2.05) is 12.1 Å². The van der Waals surface area contributed by atoms with Crippen molar-refractivity contribution in [3.63, 3.8) is 0 Å². The molecule has 1 aliphatic heterocycles. The Morgan fingerprint density at radius 2 is 2.19 bits per heavy atom.